The van der Waals surface area contributed by atoms with E-state index in [0.29, 0.717) is 0 Å². The molecule has 8 heteroatoms. The van der Waals surface area contributed by atoms with Crippen molar-refractivity contribution in [3.8, 4) is 0 Å². The molecule has 2 rings (SSSR count). The maximum absolute atomic E-state index is 13.3. The molecule has 0 aliphatic rings. The molecule has 26 heavy (non-hydrogen) atoms. The Hall–Kier alpha value is -3.16. The molecule has 0 aliphatic heterocycles. The number of furan rings is 1. The van der Waals surface area contributed by atoms with E-state index in [1.165, 1.54) is 25.1 Å². The molecule has 0 atom stereocenters. The maximum atomic E-state index is 13.3. The first-order chi connectivity index (χ1) is 12.4. The topological polar surface area (TPSA) is 94.8 Å². The van der Waals surface area contributed by atoms with E-state index in [4.69, 9.17) is 13.9 Å². The van der Waals surface area contributed by atoms with Gasteiger partial charge in [-0.25, -0.2) is 14.0 Å². The van der Waals surface area contributed by atoms with Crippen LogP contribution in [-0.4, -0.2) is 31.1 Å². The molecule has 1 aromatic carbocycles. The number of hydrogen-bond acceptors (Lipinski definition) is 6. The Morgan fingerprint density at radius 3 is 2.27 bits per heavy atom. The number of anilines is 1. The minimum atomic E-state index is -0.845. The summed E-state index contributed by atoms with van der Waals surface area (Å²) in [4.78, 5) is 36.7. The number of halogens is 1. The number of aryl methyl sites for hydroxylation is 1. The van der Waals surface area contributed by atoms with Crippen LogP contribution in [0.3, 0.4) is 0 Å². The molecule has 0 bridgehead atoms. The number of carbonyl (C=O) groups excluding carboxylic acids is 3. The summed E-state index contributed by atoms with van der Waals surface area (Å²) in [5.41, 5.74) is -0.348. The van der Waals surface area contributed by atoms with E-state index in [2.05, 4.69) is 5.32 Å². The van der Waals surface area contributed by atoms with Crippen molar-refractivity contribution in [1.29, 1.82) is 0 Å². The lowest BCUT2D eigenvalue weighted by Crippen LogP contribution is -2.17. The molecule has 1 heterocycles. The standard InChI is InChI=1S/C18H18FNO6/c1-4-24-17(22)13-10(3)26-16(14(13)18(23)25-5-2)20-15(21)11-7-6-8-12(19)9-11/h6-9H,4-5H2,1-3H3,(H,20,21). The van der Waals surface area contributed by atoms with E-state index >= 15 is 0 Å². The normalized spacial score (nSPS) is 10.3. The van der Waals surface area contributed by atoms with Gasteiger partial charge in [-0.05, 0) is 39.0 Å². The minimum Gasteiger partial charge on any atom is -0.462 e. The molecule has 0 fully saturated rings. The van der Waals surface area contributed by atoms with Gasteiger partial charge in [-0.15, -0.1) is 0 Å². The number of carbonyl (C=O) groups is 3. The Balaban J connectivity index is 2.44. The van der Waals surface area contributed by atoms with Crippen LogP contribution in [0.15, 0.2) is 28.7 Å². The van der Waals surface area contributed by atoms with Gasteiger partial charge in [-0.3, -0.25) is 10.1 Å². The first-order valence-electron chi connectivity index (χ1n) is 7.93. The van der Waals surface area contributed by atoms with Crippen LogP contribution in [-0.2, 0) is 9.47 Å². The first kappa shape index (κ1) is 19.2. The summed E-state index contributed by atoms with van der Waals surface area (Å²) in [5, 5.41) is 2.37. The fourth-order valence-electron chi connectivity index (χ4n) is 2.28. The molecule has 0 radical (unpaired) electrons. The highest BCUT2D eigenvalue weighted by atomic mass is 19.1. The highest BCUT2D eigenvalue weighted by molar-refractivity contribution is 6.11. The summed E-state index contributed by atoms with van der Waals surface area (Å²) >= 11 is 0. The van der Waals surface area contributed by atoms with Crippen molar-refractivity contribution in [3.05, 3.63) is 52.5 Å². The Morgan fingerprint density at radius 1 is 1.08 bits per heavy atom. The third kappa shape index (κ3) is 4.08. The number of benzene rings is 1. The highest BCUT2D eigenvalue weighted by Gasteiger charge is 2.31. The van der Waals surface area contributed by atoms with Crippen LogP contribution < -0.4 is 5.32 Å². The lowest BCUT2D eigenvalue weighted by Gasteiger charge is -2.07. The lowest BCUT2D eigenvalue weighted by atomic mass is 10.1. The summed E-state index contributed by atoms with van der Waals surface area (Å²) in [6.07, 6.45) is 0. The Labute approximate surface area is 149 Å². The minimum absolute atomic E-state index is 0.0200. The molecular formula is C18H18FNO6. The molecule has 1 amide bonds. The summed E-state index contributed by atoms with van der Waals surface area (Å²) in [6.45, 7) is 4.82. The van der Waals surface area contributed by atoms with Crippen molar-refractivity contribution in [3.63, 3.8) is 0 Å². The summed E-state index contributed by atoms with van der Waals surface area (Å²) in [7, 11) is 0. The quantitative estimate of drug-likeness (QED) is 0.791. The van der Waals surface area contributed by atoms with Gasteiger partial charge in [0.2, 0.25) is 5.88 Å². The van der Waals surface area contributed by atoms with Crippen molar-refractivity contribution in [2.24, 2.45) is 0 Å². The molecule has 138 valence electrons. The van der Waals surface area contributed by atoms with Gasteiger partial charge in [-0.1, -0.05) is 6.07 Å². The third-order valence-corrected chi connectivity index (χ3v) is 3.36. The number of amides is 1. The van der Waals surface area contributed by atoms with Crippen molar-refractivity contribution in [2.75, 3.05) is 18.5 Å². The Morgan fingerprint density at radius 2 is 1.69 bits per heavy atom. The summed E-state index contributed by atoms with van der Waals surface area (Å²) in [5.74, 6) is -3.10. The molecule has 0 saturated heterocycles. The van der Waals surface area contributed by atoms with Crippen molar-refractivity contribution in [1.82, 2.24) is 0 Å². The van der Waals surface area contributed by atoms with E-state index in [-0.39, 0.29) is 41.5 Å². The smallest absolute Gasteiger partial charge is 0.344 e. The van der Waals surface area contributed by atoms with Crippen molar-refractivity contribution >= 4 is 23.7 Å². The van der Waals surface area contributed by atoms with E-state index in [1.54, 1.807) is 13.8 Å². The molecule has 2 aromatic rings. The van der Waals surface area contributed by atoms with Crippen molar-refractivity contribution in [2.45, 2.75) is 20.8 Å². The number of hydrogen-bond donors (Lipinski definition) is 1. The van der Waals surface area contributed by atoms with Gasteiger partial charge in [0.25, 0.3) is 5.91 Å². The predicted molar refractivity (Wildman–Crippen MR) is 89.7 cm³/mol. The zero-order chi connectivity index (χ0) is 19.3. The van der Waals surface area contributed by atoms with Crippen LogP contribution >= 0.6 is 0 Å². The van der Waals surface area contributed by atoms with Crippen LogP contribution in [0, 0.1) is 12.7 Å². The van der Waals surface area contributed by atoms with E-state index in [9.17, 15) is 18.8 Å². The molecule has 0 spiro atoms. The van der Waals surface area contributed by atoms with Gasteiger partial charge < -0.3 is 13.9 Å². The van der Waals surface area contributed by atoms with Gasteiger partial charge in [0.15, 0.2) is 0 Å². The fraction of sp³-hybridized carbons (Fsp3) is 0.278. The Kier molecular flexibility index (Phi) is 6.11. The van der Waals surface area contributed by atoms with E-state index < -0.39 is 23.7 Å². The number of esters is 2. The van der Waals surface area contributed by atoms with Crippen LogP contribution in [0.2, 0.25) is 0 Å². The zero-order valence-electron chi connectivity index (χ0n) is 14.6. The molecule has 7 nitrogen and oxygen atoms in total. The summed E-state index contributed by atoms with van der Waals surface area (Å²) < 4.78 is 28.5. The SMILES string of the molecule is CCOC(=O)c1c(C)oc(NC(=O)c2cccc(F)c2)c1C(=O)OCC. The summed E-state index contributed by atoms with van der Waals surface area (Å²) in [6, 6.07) is 4.98. The first-order valence-corrected chi connectivity index (χ1v) is 7.93. The van der Waals surface area contributed by atoms with E-state index in [1.807, 2.05) is 0 Å². The fourth-order valence-corrected chi connectivity index (χ4v) is 2.28. The number of ether oxygens (including phenoxy) is 2. The monoisotopic (exact) mass is 363 g/mol. The molecular weight excluding hydrogens is 345 g/mol. The second kappa shape index (κ2) is 8.28. The Bertz CT molecular complexity index is 842. The molecule has 1 aromatic heterocycles. The number of nitrogens with one attached hydrogen (secondary N) is 1. The molecule has 0 aliphatic carbocycles. The largest absolute Gasteiger partial charge is 0.462 e. The van der Waals surface area contributed by atoms with Crippen LogP contribution in [0.25, 0.3) is 0 Å². The van der Waals surface area contributed by atoms with E-state index in [0.717, 1.165) is 6.07 Å². The van der Waals surface area contributed by atoms with Crippen molar-refractivity contribution < 1.29 is 32.7 Å². The predicted octanol–water partition coefficient (Wildman–Crippen LogP) is 3.33. The van der Waals surface area contributed by atoms with Gasteiger partial charge >= 0.3 is 11.9 Å². The maximum Gasteiger partial charge on any atom is 0.344 e. The van der Waals surface area contributed by atoms with Gasteiger partial charge in [0.05, 0.1) is 13.2 Å². The molecule has 0 saturated carbocycles. The number of rotatable bonds is 6. The average molecular weight is 363 g/mol. The molecule has 1 N–H and O–H groups in total. The van der Waals surface area contributed by atoms with Crippen LogP contribution in [0.4, 0.5) is 10.3 Å². The average Bonchev–Trinajstić information content (AvgIpc) is 2.91. The lowest BCUT2D eigenvalue weighted by molar-refractivity contribution is 0.0480. The van der Waals surface area contributed by atoms with Gasteiger partial charge in [0, 0.05) is 5.56 Å². The van der Waals surface area contributed by atoms with Gasteiger partial charge in [-0.2, -0.15) is 0 Å². The second-order valence-electron chi connectivity index (χ2n) is 5.14. The van der Waals surface area contributed by atoms with Crippen LogP contribution in [0.5, 0.6) is 0 Å². The second-order valence-corrected chi connectivity index (χ2v) is 5.14. The third-order valence-electron chi connectivity index (χ3n) is 3.36. The molecule has 0 unspecified atom stereocenters. The van der Waals surface area contributed by atoms with Crippen LogP contribution in [0.1, 0.15) is 50.7 Å². The van der Waals surface area contributed by atoms with Gasteiger partial charge in [0.1, 0.15) is 22.7 Å². The highest BCUT2D eigenvalue weighted by Crippen LogP contribution is 2.29. The zero-order valence-corrected chi connectivity index (χ0v) is 14.6.